The van der Waals surface area contributed by atoms with Crippen molar-refractivity contribution in [3.8, 4) is 0 Å². The Kier molecular flexibility index (Phi) is 3.04. The van der Waals surface area contributed by atoms with E-state index in [1.54, 1.807) is 0 Å². The van der Waals surface area contributed by atoms with Crippen LogP contribution < -0.4 is 0 Å². The smallest absolute Gasteiger partial charge is 0.256 e. The quantitative estimate of drug-likeness (QED) is 0.639. The van der Waals surface area contributed by atoms with Crippen molar-refractivity contribution in [1.82, 2.24) is 9.97 Å². The third kappa shape index (κ3) is 2.36. The molecule has 0 fully saturated rings. The molecule has 0 atom stereocenters. The number of Topliss-reactive ketones (excluding diaryl/α,β-unsaturated/α-hetero) is 1. The molecule has 0 aromatic carbocycles. The van der Waals surface area contributed by atoms with Gasteiger partial charge in [0.1, 0.15) is 4.60 Å². The summed E-state index contributed by atoms with van der Waals surface area (Å²) in [4.78, 5) is 17.4. The molecule has 1 rings (SSSR count). The van der Waals surface area contributed by atoms with Crippen LogP contribution in [-0.2, 0) is 0 Å². The summed E-state index contributed by atoms with van der Waals surface area (Å²) in [5.41, 5.74) is 0. The maximum atomic E-state index is 11.2. The minimum absolute atomic E-state index is 0.0156. The highest BCUT2D eigenvalue weighted by Crippen LogP contribution is 2.29. The number of imidazole rings is 1. The fourth-order valence-electron chi connectivity index (χ4n) is 0.549. The summed E-state index contributed by atoms with van der Waals surface area (Å²) in [6, 6.07) is 0. The van der Waals surface area contributed by atoms with Gasteiger partial charge in [-0.3, -0.25) is 4.79 Å². The van der Waals surface area contributed by atoms with Gasteiger partial charge < -0.3 is 4.98 Å². The third-order valence-electron chi connectivity index (χ3n) is 1.02. The molecule has 1 heterocycles. The van der Waals surface area contributed by atoms with Crippen LogP contribution in [0.1, 0.15) is 10.6 Å². The molecule has 1 aromatic rings. The van der Waals surface area contributed by atoms with E-state index in [0.717, 1.165) is 0 Å². The van der Waals surface area contributed by atoms with Crippen LogP contribution in [0.15, 0.2) is 10.8 Å². The zero-order valence-electron chi connectivity index (χ0n) is 5.44. The lowest BCUT2D eigenvalue weighted by Gasteiger charge is -2.05. The van der Waals surface area contributed by atoms with Crippen molar-refractivity contribution in [2.75, 3.05) is 0 Å². The number of halogens is 4. The van der Waals surface area contributed by atoms with Crippen LogP contribution in [0.5, 0.6) is 0 Å². The van der Waals surface area contributed by atoms with Crippen LogP contribution in [0.2, 0.25) is 0 Å². The number of H-pyrrole nitrogens is 1. The molecule has 0 saturated heterocycles. The first-order chi connectivity index (χ1) is 5.41. The molecule has 0 amide bonds. The Hall–Kier alpha value is 0.230. The maximum Gasteiger partial charge on any atom is 0.256 e. The number of hydrogen-bond acceptors (Lipinski definition) is 2. The molecular weight excluding hydrogens is 290 g/mol. The average Bonchev–Trinajstić information content (AvgIpc) is 2.32. The third-order valence-corrected chi connectivity index (χ3v) is 1.94. The highest BCUT2D eigenvalue weighted by molar-refractivity contribution is 9.10. The van der Waals surface area contributed by atoms with E-state index in [9.17, 15) is 4.79 Å². The molecule has 7 heteroatoms. The van der Waals surface area contributed by atoms with Crippen molar-refractivity contribution in [3.63, 3.8) is 0 Å². The second kappa shape index (κ2) is 3.54. The van der Waals surface area contributed by atoms with Crippen LogP contribution in [-0.4, -0.2) is 19.5 Å². The Morgan fingerprint density at radius 2 is 2.17 bits per heavy atom. The molecule has 0 bridgehead atoms. The van der Waals surface area contributed by atoms with E-state index in [1.807, 2.05) is 0 Å². The monoisotopic (exact) mass is 290 g/mol. The number of aromatic nitrogens is 2. The molecule has 0 aliphatic carbocycles. The number of aromatic amines is 1. The van der Waals surface area contributed by atoms with Crippen molar-refractivity contribution in [3.05, 3.63) is 16.6 Å². The van der Waals surface area contributed by atoms with Gasteiger partial charge in [0.15, 0.2) is 5.82 Å². The summed E-state index contributed by atoms with van der Waals surface area (Å²) >= 11 is 19.1. The summed E-state index contributed by atoms with van der Waals surface area (Å²) in [5, 5.41) is 0. The minimum atomic E-state index is -1.96. The number of alkyl halides is 3. The zero-order valence-corrected chi connectivity index (χ0v) is 9.30. The molecule has 0 radical (unpaired) electrons. The van der Waals surface area contributed by atoms with Gasteiger partial charge in [-0.1, -0.05) is 34.8 Å². The molecule has 3 nitrogen and oxygen atoms in total. The number of ketones is 1. The Labute approximate surface area is 91.5 Å². The van der Waals surface area contributed by atoms with E-state index in [0.29, 0.717) is 4.60 Å². The lowest BCUT2D eigenvalue weighted by molar-refractivity contribution is 0.0987. The zero-order chi connectivity index (χ0) is 9.35. The SMILES string of the molecule is O=C(c1ncc(Br)[nH]1)C(Cl)(Cl)Cl. The summed E-state index contributed by atoms with van der Waals surface area (Å²) < 4.78 is -1.41. The van der Waals surface area contributed by atoms with Gasteiger partial charge in [0.2, 0.25) is 5.78 Å². The molecule has 0 aliphatic heterocycles. The summed E-state index contributed by atoms with van der Waals surface area (Å²) in [6.07, 6.45) is 1.41. The number of nitrogens with one attached hydrogen (secondary N) is 1. The average molecular weight is 292 g/mol. The number of carbonyl (C=O) groups is 1. The van der Waals surface area contributed by atoms with E-state index < -0.39 is 9.58 Å². The van der Waals surface area contributed by atoms with Gasteiger partial charge in [0.25, 0.3) is 3.79 Å². The van der Waals surface area contributed by atoms with Gasteiger partial charge >= 0.3 is 0 Å². The van der Waals surface area contributed by atoms with E-state index in [1.165, 1.54) is 6.20 Å². The lowest BCUT2D eigenvalue weighted by atomic mass is 10.4. The number of nitrogens with zero attached hydrogens (tertiary/aromatic N) is 1. The molecular formula is C5H2BrCl3N2O. The fourth-order valence-corrected chi connectivity index (χ4v) is 1.11. The van der Waals surface area contributed by atoms with Crippen molar-refractivity contribution < 1.29 is 4.79 Å². The van der Waals surface area contributed by atoms with E-state index >= 15 is 0 Å². The van der Waals surface area contributed by atoms with Crippen LogP contribution in [0, 0.1) is 0 Å². The molecule has 0 saturated carbocycles. The molecule has 0 aliphatic rings. The summed E-state index contributed by atoms with van der Waals surface area (Å²) in [5.74, 6) is -0.667. The standard InChI is InChI=1S/C5H2BrCl3N2O/c6-2-1-10-4(11-2)3(12)5(7,8)9/h1H,(H,10,11). The summed E-state index contributed by atoms with van der Waals surface area (Å²) in [6.45, 7) is 0. The largest absolute Gasteiger partial charge is 0.330 e. The Morgan fingerprint density at radius 3 is 2.50 bits per heavy atom. The minimum Gasteiger partial charge on any atom is -0.330 e. The van der Waals surface area contributed by atoms with Gasteiger partial charge in [-0.2, -0.15) is 0 Å². The molecule has 1 N–H and O–H groups in total. The van der Waals surface area contributed by atoms with Crippen molar-refractivity contribution in [2.24, 2.45) is 0 Å². The first-order valence-corrected chi connectivity index (χ1v) is 4.66. The molecule has 0 spiro atoms. The van der Waals surface area contributed by atoms with E-state index in [4.69, 9.17) is 34.8 Å². The van der Waals surface area contributed by atoms with E-state index in [-0.39, 0.29) is 5.82 Å². The van der Waals surface area contributed by atoms with Crippen molar-refractivity contribution in [1.29, 1.82) is 0 Å². The molecule has 66 valence electrons. The fraction of sp³-hybridized carbons (Fsp3) is 0.200. The first kappa shape index (κ1) is 10.3. The number of rotatable bonds is 1. The summed E-state index contributed by atoms with van der Waals surface area (Å²) in [7, 11) is 0. The van der Waals surface area contributed by atoms with Gasteiger partial charge in [-0.25, -0.2) is 4.98 Å². The van der Waals surface area contributed by atoms with Gasteiger partial charge in [-0.05, 0) is 15.9 Å². The van der Waals surface area contributed by atoms with Gasteiger partial charge in [0.05, 0.1) is 6.20 Å². The molecule has 0 unspecified atom stereocenters. The van der Waals surface area contributed by atoms with Crippen molar-refractivity contribution >= 4 is 56.5 Å². The predicted molar refractivity (Wildman–Crippen MR) is 50.9 cm³/mol. The van der Waals surface area contributed by atoms with E-state index in [2.05, 4.69) is 25.9 Å². The van der Waals surface area contributed by atoms with Crippen LogP contribution in [0.4, 0.5) is 0 Å². The first-order valence-electron chi connectivity index (χ1n) is 2.73. The van der Waals surface area contributed by atoms with Crippen LogP contribution >= 0.6 is 50.7 Å². The highest BCUT2D eigenvalue weighted by Gasteiger charge is 2.33. The second-order valence-corrected chi connectivity index (χ2v) is 5.04. The molecule has 12 heavy (non-hydrogen) atoms. The number of carbonyl (C=O) groups excluding carboxylic acids is 1. The normalized spacial score (nSPS) is 11.7. The van der Waals surface area contributed by atoms with Crippen LogP contribution in [0.3, 0.4) is 0 Å². The molecule has 1 aromatic heterocycles. The Balaban J connectivity index is 2.93. The lowest BCUT2D eigenvalue weighted by Crippen LogP contribution is -2.20. The second-order valence-electron chi connectivity index (χ2n) is 1.91. The number of hydrogen-bond donors (Lipinski definition) is 1. The van der Waals surface area contributed by atoms with Crippen molar-refractivity contribution in [2.45, 2.75) is 3.79 Å². The van der Waals surface area contributed by atoms with Gasteiger partial charge in [0, 0.05) is 0 Å². The maximum absolute atomic E-state index is 11.2. The van der Waals surface area contributed by atoms with Crippen LogP contribution in [0.25, 0.3) is 0 Å². The highest BCUT2D eigenvalue weighted by atomic mass is 79.9. The van der Waals surface area contributed by atoms with Gasteiger partial charge in [-0.15, -0.1) is 0 Å². The predicted octanol–water partition coefficient (Wildman–Crippen LogP) is 2.73. The topological polar surface area (TPSA) is 45.8 Å². The Bertz CT molecular complexity index is 306. The Morgan fingerprint density at radius 1 is 1.58 bits per heavy atom.